The summed E-state index contributed by atoms with van der Waals surface area (Å²) in [5.41, 5.74) is 3.58. The highest BCUT2D eigenvalue weighted by atomic mass is 35.5. The largest absolute Gasteiger partial charge is 0.489 e. The van der Waals surface area contributed by atoms with Gasteiger partial charge in [-0.05, 0) is 46.7 Å². The van der Waals surface area contributed by atoms with Gasteiger partial charge in [0.1, 0.15) is 12.4 Å². The van der Waals surface area contributed by atoms with Crippen molar-refractivity contribution in [1.82, 2.24) is 0 Å². The van der Waals surface area contributed by atoms with E-state index in [-0.39, 0.29) is 6.61 Å². The summed E-state index contributed by atoms with van der Waals surface area (Å²) < 4.78 is 6.09. The first-order chi connectivity index (χ1) is 11.8. The maximum Gasteiger partial charge on any atom is 0.166 e. The maximum atomic E-state index is 9.90. The molecular formula is C21H24ClNO2. The average Bonchev–Trinajstić information content (AvgIpc) is 2.58. The van der Waals surface area contributed by atoms with Crippen molar-refractivity contribution in [3.8, 4) is 11.8 Å². The minimum Gasteiger partial charge on any atom is -0.489 e. The fraction of sp³-hybridized carbons (Fsp3) is 0.381. The Morgan fingerprint density at radius 2 is 1.72 bits per heavy atom. The van der Waals surface area contributed by atoms with Gasteiger partial charge in [0.05, 0.1) is 6.07 Å². The lowest BCUT2D eigenvalue weighted by atomic mass is 9.96. The molecule has 2 aromatic carbocycles. The third-order valence-electron chi connectivity index (χ3n) is 4.23. The van der Waals surface area contributed by atoms with E-state index in [1.165, 1.54) is 5.56 Å². The van der Waals surface area contributed by atoms with E-state index >= 15 is 0 Å². The zero-order valence-electron chi connectivity index (χ0n) is 15.1. The van der Waals surface area contributed by atoms with Crippen LogP contribution in [0.4, 0.5) is 0 Å². The van der Waals surface area contributed by atoms with Crippen molar-refractivity contribution in [2.24, 2.45) is 0 Å². The highest BCUT2D eigenvalue weighted by Crippen LogP contribution is 2.31. The summed E-state index contributed by atoms with van der Waals surface area (Å²) in [6.45, 7) is 8.79. The summed E-state index contributed by atoms with van der Waals surface area (Å²) in [4.78, 5) is 0. The molecule has 0 aliphatic heterocycles. The third-order valence-corrected chi connectivity index (χ3v) is 4.47. The summed E-state index contributed by atoms with van der Waals surface area (Å²) in [7, 11) is 0. The molecule has 0 radical (unpaired) electrons. The zero-order chi connectivity index (χ0) is 18.6. The van der Waals surface area contributed by atoms with Crippen LogP contribution in [-0.2, 0) is 6.61 Å². The number of benzene rings is 2. The second-order valence-electron chi connectivity index (χ2n) is 6.77. The molecule has 1 N–H and O–H groups in total. The predicted octanol–water partition coefficient (Wildman–Crippen LogP) is 5.72. The maximum absolute atomic E-state index is 9.90. The lowest BCUT2D eigenvalue weighted by molar-refractivity contribution is 0.229. The number of hydrogen-bond acceptors (Lipinski definition) is 3. The Morgan fingerprint density at radius 3 is 2.32 bits per heavy atom. The minimum atomic E-state index is -1.19. The first kappa shape index (κ1) is 19.3. The van der Waals surface area contributed by atoms with Gasteiger partial charge in [-0.25, -0.2) is 0 Å². The van der Waals surface area contributed by atoms with Crippen molar-refractivity contribution >= 4 is 11.6 Å². The standard InChI is InChI=1S/C21H24ClNO2/c1-13(2)15-5-7-18(14(3)4)21(10-15)25-12-16-9-17(22)6-8-19(16)20(24)11-23/h5-10,13-14,20,24H,12H2,1-4H3/t20-/m0/s1. The number of aliphatic hydroxyl groups excluding tert-OH is 1. The van der Waals surface area contributed by atoms with E-state index in [9.17, 15) is 5.11 Å². The second kappa shape index (κ2) is 8.38. The van der Waals surface area contributed by atoms with Crippen LogP contribution in [0.1, 0.15) is 67.9 Å². The molecule has 0 aromatic heterocycles. The Balaban J connectivity index is 2.34. The summed E-state index contributed by atoms with van der Waals surface area (Å²) >= 11 is 6.07. The predicted molar refractivity (Wildman–Crippen MR) is 101 cm³/mol. The molecule has 0 fully saturated rings. The fourth-order valence-electron chi connectivity index (χ4n) is 2.70. The Kier molecular flexibility index (Phi) is 6.47. The SMILES string of the molecule is CC(C)c1ccc(C(C)C)c(OCc2cc(Cl)ccc2[C@@H](O)C#N)c1. The molecule has 2 rings (SSSR count). The molecule has 3 nitrogen and oxygen atoms in total. The van der Waals surface area contributed by atoms with Gasteiger partial charge in [-0.15, -0.1) is 0 Å². The van der Waals surface area contributed by atoms with Crippen molar-refractivity contribution in [3.63, 3.8) is 0 Å². The normalized spacial score (nSPS) is 12.3. The van der Waals surface area contributed by atoms with Crippen LogP contribution in [0.2, 0.25) is 5.02 Å². The molecule has 0 aliphatic carbocycles. The van der Waals surface area contributed by atoms with Crippen molar-refractivity contribution in [1.29, 1.82) is 5.26 Å². The first-order valence-electron chi connectivity index (χ1n) is 8.46. The average molecular weight is 358 g/mol. The van der Waals surface area contributed by atoms with Gasteiger partial charge in [-0.3, -0.25) is 0 Å². The lowest BCUT2D eigenvalue weighted by Crippen LogP contribution is -2.06. The number of nitrogens with zero attached hydrogens (tertiary/aromatic N) is 1. The number of aliphatic hydroxyl groups is 1. The van der Waals surface area contributed by atoms with Crippen LogP contribution in [0.5, 0.6) is 5.75 Å². The topological polar surface area (TPSA) is 53.2 Å². The molecule has 0 saturated carbocycles. The minimum absolute atomic E-state index is 0.246. The molecule has 2 aromatic rings. The van der Waals surface area contributed by atoms with Crippen LogP contribution in [0, 0.1) is 11.3 Å². The lowest BCUT2D eigenvalue weighted by Gasteiger charge is -2.18. The zero-order valence-corrected chi connectivity index (χ0v) is 15.8. The van der Waals surface area contributed by atoms with Crippen molar-refractivity contribution in [2.45, 2.75) is 52.2 Å². The smallest absolute Gasteiger partial charge is 0.166 e. The van der Waals surface area contributed by atoms with Crippen LogP contribution in [0.25, 0.3) is 0 Å². The van der Waals surface area contributed by atoms with E-state index in [2.05, 4.69) is 45.9 Å². The van der Waals surface area contributed by atoms with Crippen molar-refractivity contribution in [3.05, 3.63) is 63.7 Å². The van der Waals surface area contributed by atoms with Crippen LogP contribution in [-0.4, -0.2) is 5.11 Å². The Bertz CT molecular complexity index is 778. The molecule has 0 saturated heterocycles. The van der Waals surface area contributed by atoms with E-state index < -0.39 is 6.10 Å². The highest BCUT2D eigenvalue weighted by molar-refractivity contribution is 6.30. The highest BCUT2D eigenvalue weighted by Gasteiger charge is 2.15. The summed E-state index contributed by atoms with van der Waals surface area (Å²) in [5, 5.41) is 19.5. The molecule has 1 atom stereocenters. The number of halogens is 1. The molecular weight excluding hydrogens is 334 g/mol. The second-order valence-corrected chi connectivity index (χ2v) is 7.21. The van der Waals surface area contributed by atoms with Crippen molar-refractivity contribution < 1.29 is 9.84 Å². The third kappa shape index (κ3) is 4.75. The Hall–Kier alpha value is -2.02. The van der Waals surface area contributed by atoms with E-state index in [1.807, 2.05) is 6.07 Å². The molecule has 25 heavy (non-hydrogen) atoms. The number of rotatable bonds is 6. The molecule has 0 heterocycles. The Labute approximate surface area is 154 Å². The van der Waals surface area contributed by atoms with Crippen LogP contribution < -0.4 is 4.74 Å². The summed E-state index contributed by atoms with van der Waals surface area (Å²) in [6, 6.07) is 13.2. The van der Waals surface area contributed by atoms with Crippen LogP contribution >= 0.6 is 11.6 Å². The molecule has 4 heteroatoms. The number of hydrogen-bond donors (Lipinski definition) is 1. The monoisotopic (exact) mass is 357 g/mol. The van der Waals surface area contributed by atoms with Gasteiger partial charge in [0.15, 0.2) is 6.10 Å². The van der Waals surface area contributed by atoms with Crippen LogP contribution in [0.15, 0.2) is 36.4 Å². The van der Waals surface area contributed by atoms with Gasteiger partial charge in [0.2, 0.25) is 0 Å². The molecule has 0 spiro atoms. The van der Waals surface area contributed by atoms with Gasteiger partial charge < -0.3 is 9.84 Å². The van der Waals surface area contributed by atoms with Crippen LogP contribution in [0.3, 0.4) is 0 Å². The Morgan fingerprint density at radius 1 is 1.04 bits per heavy atom. The molecule has 0 bridgehead atoms. The quantitative estimate of drug-likeness (QED) is 0.672. The van der Waals surface area contributed by atoms with Crippen molar-refractivity contribution in [2.75, 3.05) is 0 Å². The van der Waals surface area contributed by atoms with Gasteiger partial charge in [0.25, 0.3) is 0 Å². The van der Waals surface area contributed by atoms with E-state index in [0.717, 1.165) is 11.3 Å². The fourth-order valence-corrected chi connectivity index (χ4v) is 2.90. The first-order valence-corrected chi connectivity index (χ1v) is 8.84. The van der Waals surface area contributed by atoms with Gasteiger partial charge in [-0.1, -0.05) is 57.5 Å². The molecule has 0 aliphatic rings. The molecule has 0 amide bonds. The summed E-state index contributed by atoms with van der Waals surface area (Å²) in [5.74, 6) is 1.57. The molecule has 132 valence electrons. The van der Waals surface area contributed by atoms with Gasteiger partial charge >= 0.3 is 0 Å². The van der Waals surface area contributed by atoms with E-state index in [1.54, 1.807) is 18.2 Å². The molecule has 0 unspecified atom stereocenters. The van der Waals surface area contributed by atoms with Gasteiger partial charge in [-0.2, -0.15) is 5.26 Å². The van der Waals surface area contributed by atoms with Gasteiger partial charge in [0, 0.05) is 10.6 Å². The van der Waals surface area contributed by atoms with E-state index in [0.29, 0.717) is 28.0 Å². The number of ether oxygens (including phenoxy) is 1. The summed E-state index contributed by atoms with van der Waals surface area (Å²) in [6.07, 6.45) is -1.19. The van der Waals surface area contributed by atoms with E-state index in [4.69, 9.17) is 21.6 Å². The number of nitriles is 1.